The molecule has 4 nitrogen and oxygen atoms in total. The van der Waals surface area contributed by atoms with Crippen LogP contribution in [-0.2, 0) is 6.54 Å². The molecule has 0 bridgehead atoms. The summed E-state index contributed by atoms with van der Waals surface area (Å²) in [5, 5.41) is 9.93. The van der Waals surface area contributed by atoms with E-state index >= 15 is 0 Å². The molecule has 0 saturated heterocycles. The Morgan fingerprint density at radius 2 is 1.79 bits per heavy atom. The van der Waals surface area contributed by atoms with Crippen LogP contribution in [0.25, 0.3) is 0 Å². The van der Waals surface area contributed by atoms with Crippen molar-refractivity contribution < 1.29 is 20.1 Å². The van der Waals surface area contributed by atoms with Crippen LogP contribution in [0, 0.1) is 6.92 Å². The van der Waals surface area contributed by atoms with Crippen molar-refractivity contribution in [2.24, 2.45) is 0 Å². The van der Waals surface area contributed by atoms with Gasteiger partial charge in [0.1, 0.15) is 24.1 Å². The highest BCUT2D eigenvalue weighted by molar-refractivity contribution is 5.34. The molecular formula is C15H20N2O2+2. The molecule has 0 spiro atoms. The number of aliphatic hydroxyl groups is 1. The number of benzene rings is 1. The molecule has 1 aromatic heterocycles. The zero-order valence-electron chi connectivity index (χ0n) is 11.1. The first-order valence-electron chi connectivity index (χ1n) is 6.32. The molecule has 0 amide bonds. The highest BCUT2D eigenvalue weighted by atomic mass is 16.5. The van der Waals surface area contributed by atoms with Gasteiger partial charge in [0, 0.05) is 24.3 Å². The third-order valence-corrected chi connectivity index (χ3v) is 2.85. The van der Waals surface area contributed by atoms with Crippen molar-refractivity contribution in [1.82, 2.24) is 0 Å². The Morgan fingerprint density at radius 3 is 2.42 bits per heavy atom. The summed E-state index contributed by atoms with van der Waals surface area (Å²) in [5.74, 6) is 0.750. The summed E-state index contributed by atoms with van der Waals surface area (Å²) in [6.45, 7) is 2.83. The number of aliphatic hydroxyl groups excluding tert-OH is 1. The lowest BCUT2D eigenvalue weighted by Gasteiger charge is -2.09. The van der Waals surface area contributed by atoms with E-state index in [0.717, 1.165) is 11.4 Å². The molecule has 2 rings (SSSR count). The quantitative estimate of drug-likeness (QED) is 0.773. The van der Waals surface area contributed by atoms with Crippen molar-refractivity contribution in [2.45, 2.75) is 19.6 Å². The zero-order valence-corrected chi connectivity index (χ0v) is 11.1. The Labute approximate surface area is 113 Å². The van der Waals surface area contributed by atoms with Gasteiger partial charge in [-0.05, 0) is 24.6 Å². The summed E-state index contributed by atoms with van der Waals surface area (Å²) in [5.41, 5.74) is 5.96. The van der Waals surface area contributed by atoms with Gasteiger partial charge in [0.2, 0.25) is 0 Å². The first kappa shape index (κ1) is 13.5. The molecule has 19 heavy (non-hydrogen) atoms. The first-order valence-corrected chi connectivity index (χ1v) is 6.32. The second-order valence-corrected chi connectivity index (χ2v) is 4.68. The Kier molecular flexibility index (Phi) is 4.49. The topological polar surface area (TPSA) is 61.0 Å². The van der Waals surface area contributed by atoms with Gasteiger partial charge in [-0.15, -0.1) is 0 Å². The minimum absolute atomic E-state index is 0.275. The Hall–Kier alpha value is -1.91. The molecular weight excluding hydrogens is 240 g/mol. The van der Waals surface area contributed by atoms with Crippen molar-refractivity contribution in [3.8, 4) is 5.75 Å². The van der Waals surface area contributed by atoms with Crippen LogP contribution in [0.3, 0.4) is 0 Å². The molecule has 1 unspecified atom stereocenters. The van der Waals surface area contributed by atoms with Crippen molar-refractivity contribution in [2.75, 3.05) is 6.61 Å². The van der Waals surface area contributed by atoms with Gasteiger partial charge in [-0.1, -0.05) is 0 Å². The van der Waals surface area contributed by atoms with Crippen molar-refractivity contribution in [1.29, 1.82) is 0 Å². The predicted molar refractivity (Wildman–Crippen MR) is 71.9 cm³/mol. The van der Waals surface area contributed by atoms with Gasteiger partial charge in [-0.2, -0.15) is 0 Å². The summed E-state index contributed by atoms with van der Waals surface area (Å²) in [4.78, 5) is 0. The van der Waals surface area contributed by atoms with E-state index in [9.17, 15) is 5.11 Å². The Bertz CT molecular complexity index is 509. The lowest BCUT2D eigenvalue weighted by molar-refractivity contribution is -0.703. The van der Waals surface area contributed by atoms with Gasteiger partial charge in [-0.3, -0.25) is 0 Å². The number of aromatic nitrogens is 1. The average molecular weight is 260 g/mol. The number of pyridine rings is 1. The van der Waals surface area contributed by atoms with Gasteiger partial charge in [0.25, 0.3) is 0 Å². The van der Waals surface area contributed by atoms with E-state index in [2.05, 4.69) is 5.73 Å². The van der Waals surface area contributed by atoms with Crippen molar-refractivity contribution in [3.63, 3.8) is 0 Å². The van der Waals surface area contributed by atoms with Crippen LogP contribution < -0.4 is 15.0 Å². The number of ether oxygens (including phenoxy) is 1. The van der Waals surface area contributed by atoms with Gasteiger partial charge in [-0.25, -0.2) is 4.57 Å². The second-order valence-electron chi connectivity index (χ2n) is 4.68. The number of hydrogen-bond acceptors (Lipinski definition) is 2. The second kappa shape index (κ2) is 6.31. The standard InChI is InChI=1S/C15H19N2O2/c1-12-6-8-17(9-7-12)10-14(18)11-19-15-4-2-13(16)3-5-15/h2-9,14,18H,10-11,16H2,1H3/q+1/p+1. The lowest BCUT2D eigenvalue weighted by Crippen LogP contribution is -2.41. The predicted octanol–water partition coefficient (Wildman–Crippen LogP) is 0.596. The number of quaternary nitrogens is 1. The molecule has 0 radical (unpaired) electrons. The average Bonchev–Trinajstić information content (AvgIpc) is 2.41. The minimum atomic E-state index is -0.535. The summed E-state index contributed by atoms with van der Waals surface area (Å²) < 4.78 is 7.47. The molecule has 0 aliphatic heterocycles. The highest BCUT2D eigenvalue weighted by Crippen LogP contribution is 2.12. The molecule has 4 N–H and O–H groups in total. The lowest BCUT2D eigenvalue weighted by atomic mass is 10.3. The molecule has 1 aromatic carbocycles. The van der Waals surface area contributed by atoms with Crippen molar-refractivity contribution >= 4 is 5.69 Å². The van der Waals surface area contributed by atoms with Crippen LogP contribution in [-0.4, -0.2) is 17.8 Å². The molecule has 1 heterocycles. The van der Waals surface area contributed by atoms with E-state index in [1.807, 2.05) is 60.3 Å². The summed E-state index contributed by atoms with van der Waals surface area (Å²) in [6.07, 6.45) is 3.37. The van der Waals surface area contributed by atoms with Crippen LogP contribution in [0.2, 0.25) is 0 Å². The molecule has 0 aliphatic rings. The van der Waals surface area contributed by atoms with Gasteiger partial charge >= 0.3 is 0 Å². The molecule has 0 aliphatic carbocycles. The monoisotopic (exact) mass is 260 g/mol. The van der Waals surface area contributed by atoms with E-state index in [4.69, 9.17) is 4.74 Å². The fraction of sp³-hybridized carbons (Fsp3) is 0.267. The maximum absolute atomic E-state index is 9.93. The molecule has 2 aromatic rings. The maximum Gasteiger partial charge on any atom is 0.177 e. The Morgan fingerprint density at radius 1 is 1.16 bits per heavy atom. The SMILES string of the molecule is Cc1cc[n+](CC(O)COc2ccc([NH3+])cc2)cc1. The first-order chi connectivity index (χ1) is 9.13. The highest BCUT2D eigenvalue weighted by Gasteiger charge is 2.11. The summed E-state index contributed by atoms with van der Waals surface area (Å²) >= 11 is 0. The third-order valence-electron chi connectivity index (χ3n) is 2.85. The van der Waals surface area contributed by atoms with Crippen LogP contribution in [0.15, 0.2) is 48.8 Å². The van der Waals surface area contributed by atoms with Crippen LogP contribution >= 0.6 is 0 Å². The van der Waals surface area contributed by atoms with E-state index in [0.29, 0.717) is 6.54 Å². The fourth-order valence-corrected chi connectivity index (χ4v) is 1.73. The van der Waals surface area contributed by atoms with Crippen molar-refractivity contribution in [3.05, 3.63) is 54.4 Å². The van der Waals surface area contributed by atoms with Crippen LogP contribution in [0.5, 0.6) is 5.75 Å². The van der Waals surface area contributed by atoms with Gasteiger partial charge in [0.05, 0.1) is 0 Å². The smallest absolute Gasteiger partial charge is 0.177 e. The number of rotatable bonds is 5. The molecule has 4 heteroatoms. The molecule has 0 fully saturated rings. The minimum Gasteiger partial charge on any atom is -0.491 e. The van der Waals surface area contributed by atoms with Gasteiger partial charge in [0.15, 0.2) is 18.9 Å². The van der Waals surface area contributed by atoms with Crippen LogP contribution in [0.4, 0.5) is 5.69 Å². The normalized spacial score (nSPS) is 12.2. The van der Waals surface area contributed by atoms with E-state index in [1.54, 1.807) is 0 Å². The third kappa shape index (κ3) is 4.35. The molecule has 0 saturated carbocycles. The molecule has 100 valence electrons. The largest absolute Gasteiger partial charge is 0.491 e. The summed E-state index contributed by atoms with van der Waals surface area (Å²) in [6, 6.07) is 11.5. The Balaban J connectivity index is 1.82. The number of aryl methyl sites for hydroxylation is 1. The number of hydrogen-bond donors (Lipinski definition) is 2. The zero-order chi connectivity index (χ0) is 13.7. The number of nitrogens with zero attached hydrogens (tertiary/aromatic N) is 1. The van der Waals surface area contributed by atoms with Crippen LogP contribution in [0.1, 0.15) is 5.56 Å². The van der Waals surface area contributed by atoms with Gasteiger partial charge < -0.3 is 15.6 Å². The fourth-order valence-electron chi connectivity index (χ4n) is 1.73. The van der Waals surface area contributed by atoms with E-state index < -0.39 is 6.10 Å². The maximum atomic E-state index is 9.93. The molecule has 1 atom stereocenters. The summed E-state index contributed by atoms with van der Waals surface area (Å²) in [7, 11) is 0. The van der Waals surface area contributed by atoms with E-state index in [-0.39, 0.29) is 6.61 Å². The van der Waals surface area contributed by atoms with E-state index in [1.165, 1.54) is 5.56 Å².